The van der Waals surface area contributed by atoms with Gasteiger partial charge >= 0.3 is 0 Å². The minimum absolute atomic E-state index is 0.442. The third-order valence-corrected chi connectivity index (χ3v) is 4.78. The molecule has 0 saturated carbocycles. The Morgan fingerprint density at radius 1 is 1.23 bits per heavy atom. The molecule has 0 bridgehead atoms. The van der Waals surface area contributed by atoms with Gasteiger partial charge < -0.3 is 11.1 Å². The Morgan fingerprint density at radius 2 is 1.95 bits per heavy atom. The Kier molecular flexibility index (Phi) is 3.77. The van der Waals surface area contributed by atoms with Crippen LogP contribution < -0.4 is 11.1 Å². The highest BCUT2D eigenvalue weighted by Gasteiger charge is 2.20. The zero-order valence-corrected chi connectivity index (χ0v) is 13.1. The van der Waals surface area contributed by atoms with E-state index < -0.39 is 11.9 Å². The van der Waals surface area contributed by atoms with Crippen molar-refractivity contribution in [3.05, 3.63) is 52.7 Å². The van der Waals surface area contributed by atoms with E-state index in [1.165, 1.54) is 11.2 Å². The maximum Gasteiger partial charge on any atom is 0.244 e. The first kappa shape index (κ1) is 14.5. The zero-order chi connectivity index (χ0) is 15.7. The highest BCUT2D eigenvalue weighted by molar-refractivity contribution is 7.18. The van der Waals surface area contributed by atoms with E-state index in [1.807, 2.05) is 44.2 Å². The summed E-state index contributed by atoms with van der Waals surface area (Å²) in [5.41, 5.74) is 7.50. The first-order valence-electron chi connectivity index (χ1n) is 6.89. The predicted octanol–water partition coefficient (Wildman–Crippen LogP) is 2.95. The van der Waals surface area contributed by atoms with E-state index in [-0.39, 0.29) is 0 Å². The van der Waals surface area contributed by atoms with Crippen LogP contribution in [0.2, 0.25) is 0 Å². The highest BCUT2D eigenvalue weighted by Crippen LogP contribution is 2.33. The van der Waals surface area contributed by atoms with Gasteiger partial charge in [-0.25, -0.2) is 9.97 Å². The van der Waals surface area contributed by atoms with Gasteiger partial charge in [0.1, 0.15) is 23.0 Å². The average Bonchev–Trinajstić information content (AvgIpc) is 2.81. The van der Waals surface area contributed by atoms with E-state index in [0.717, 1.165) is 21.3 Å². The van der Waals surface area contributed by atoms with Gasteiger partial charge in [-0.15, -0.1) is 11.3 Å². The molecule has 0 aliphatic heterocycles. The summed E-state index contributed by atoms with van der Waals surface area (Å²) < 4.78 is 0. The van der Waals surface area contributed by atoms with Crippen molar-refractivity contribution in [2.75, 3.05) is 5.32 Å². The number of rotatable bonds is 4. The monoisotopic (exact) mass is 312 g/mol. The molecule has 5 nitrogen and oxygen atoms in total. The number of carbonyl (C=O) groups is 1. The number of benzene rings is 1. The second-order valence-corrected chi connectivity index (χ2v) is 6.28. The van der Waals surface area contributed by atoms with Crippen molar-refractivity contribution in [1.29, 1.82) is 0 Å². The van der Waals surface area contributed by atoms with Crippen LogP contribution in [-0.4, -0.2) is 15.9 Å². The Labute approximate surface area is 132 Å². The fraction of sp³-hybridized carbons (Fsp3) is 0.188. The van der Waals surface area contributed by atoms with Crippen LogP contribution in [0.25, 0.3) is 10.2 Å². The first-order chi connectivity index (χ1) is 10.6. The van der Waals surface area contributed by atoms with Crippen molar-refractivity contribution < 1.29 is 4.79 Å². The van der Waals surface area contributed by atoms with Crippen LogP contribution >= 0.6 is 11.3 Å². The molecule has 1 atom stereocenters. The molecule has 112 valence electrons. The second-order valence-electron chi connectivity index (χ2n) is 5.08. The van der Waals surface area contributed by atoms with Crippen LogP contribution in [0.3, 0.4) is 0 Å². The molecule has 1 aromatic carbocycles. The number of nitrogens with two attached hydrogens (primary N) is 1. The number of carbonyl (C=O) groups excluding carboxylic acids is 1. The number of aryl methyl sites for hydroxylation is 2. The lowest BCUT2D eigenvalue weighted by molar-refractivity contribution is -0.118. The topological polar surface area (TPSA) is 80.9 Å². The van der Waals surface area contributed by atoms with Crippen molar-refractivity contribution in [2.45, 2.75) is 19.9 Å². The number of nitrogens with zero attached hydrogens (tertiary/aromatic N) is 2. The number of aromatic nitrogens is 2. The SMILES string of the molecule is Cc1sc2ncnc(N[C@H](C(N)=O)c3ccccc3)c2c1C. The van der Waals surface area contributed by atoms with E-state index in [4.69, 9.17) is 5.73 Å². The summed E-state index contributed by atoms with van der Waals surface area (Å²) in [6, 6.07) is 8.76. The lowest BCUT2D eigenvalue weighted by Gasteiger charge is -2.17. The van der Waals surface area contributed by atoms with Crippen molar-refractivity contribution in [3.63, 3.8) is 0 Å². The van der Waals surface area contributed by atoms with Gasteiger partial charge in [0.15, 0.2) is 0 Å². The van der Waals surface area contributed by atoms with Gasteiger partial charge in [-0.05, 0) is 25.0 Å². The molecule has 0 fully saturated rings. The molecule has 6 heteroatoms. The fourth-order valence-corrected chi connectivity index (χ4v) is 3.39. The fourth-order valence-electron chi connectivity index (χ4n) is 2.39. The number of fused-ring (bicyclic) bond motifs is 1. The summed E-state index contributed by atoms with van der Waals surface area (Å²) in [4.78, 5) is 22.5. The third-order valence-electron chi connectivity index (χ3n) is 3.66. The number of hydrogen-bond acceptors (Lipinski definition) is 5. The number of primary amides is 1. The lowest BCUT2D eigenvalue weighted by atomic mass is 10.1. The molecule has 0 saturated heterocycles. The van der Waals surface area contributed by atoms with Gasteiger partial charge in [-0.3, -0.25) is 4.79 Å². The average molecular weight is 312 g/mol. The van der Waals surface area contributed by atoms with E-state index in [0.29, 0.717) is 5.82 Å². The van der Waals surface area contributed by atoms with Gasteiger partial charge in [-0.2, -0.15) is 0 Å². The van der Waals surface area contributed by atoms with E-state index in [9.17, 15) is 4.79 Å². The van der Waals surface area contributed by atoms with Gasteiger partial charge in [-0.1, -0.05) is 30.3 Å². The lowest BCUT2D eigenvalue weighted by Crippen LogP contribution is -2.28. The Morgan fingerprint density at radius 3 is 2.64 bits per heavy atom. The Hall–Kier alpha value is -2.47. The van der Waals surface area contributed by atoms with Gasteiger partial charge in [0.05, 0.1) is 5.39 Å². The van der Waals surface area contributed by atoms with Crippen LogP contribution in [0.15, 0.2) is 36.7 Å². The van der Waals surface area contributed by atoms with E-state index >= 15 is 0 Å². The summed E-state index contributed by atoms with van der Waals surface area (Å²) in [5.74, 6) is 0.196. The summed E-state index contributed by atoms with van der Waals surface area (Å²) >= 11 is 1.62. The number of anilines is 1. The number of nitrogens with one attached hydrogen (secondary N) is 1. The largest absolute Gasteiger partial charge is 0.368 e. The molecular weight excluding hydrogens is 296 g/mol. The normalized spacial score (nSPS) is 12.3. The van der Waals surface area contributed by atoms with Crippen LogP contribution in [0.5, 0.6) is 0 Å². The minimum Gasteiger partial charge on any atom is -0.368 e. The van der Waals surface area contributed by atoms with Crippen molar-refractivity contribution in [2.24, 2.45) is 5.73 Å². The standard InChI is InChI=1S/C16H16N4OS/c1-9-10(2)22-16-12(9)15(18-8-19-16)20-13(14(17)21)11-6-4-3-5-7-11/h3-8,13H,1-2H3,(H2,17,21)(H,18,19,20)/t13-/m0/s1. The Bertz CT molecular complexity index is 829. The van der Waals surface area contributed by atoms with Gasteiger partial charge in [0.25, 0.3) is 0 Å². The molecule has 0 spiro atoms. The smallest absolute Gasteiger partial charge is 0.244 e. The van der Waals surface area contributed by atoms with Crippen molar-refractivity contribution in [1.82, 2.24) is 9.97 Å². The molecule has 3 N–H and O–H groups in total. The zero-order valence-electron chi connectivity index (χ0n) is 12.3. The van der Waals surface area contributed by atoms with E-state index in [1.54, 1.807) is 11.3 Å². The van der Waals surface area contributed by atoms with Crippen LogP contribution in [0.4, 0.5) is 5.82 Å². The summed E-state index contributed by atoms with van der Waals surface area (Å²) in [5, 5.41) is 4.12. The molecule has 3 rings (SSSR count). The number of amides is 1. The van der Waals surface area contributed by atoms with Crippen LogP contribution in [0.1, 0.15) is 22.0 Å². The van der Waals surface area contributed by atoms with Crippen molar-refractivity contribution in [3.8, 4) is 0 Å². The summed E-state index contributed by atoms with van der Waals surface area (Å²) in [6.07, 6.45) is 1.50. The second kappa shape index (κ2) is 5.73. The molecule has 0 aliphatic carbocycles. The molecular formula is C16H16N4OS. The maximum atomic E-state index is 11.8. The molecule has 3 aromatic rings. The molecule has 0 unspecified atom stereocenters. The number of hydrogen-bond donors (Lipinski definition) is 2. The maximum absolute atomic E-state index is 11.8. The Balaban J connectivity index is 2.06. The molecule has 2 aromatic heterocycles. The first-order valence-corrected chi connectivity index (χ1v) is 7.71. The van der Waals surface area contributed by atoms with Crippen LogP contribution in [-0.2, 0) is 4.79 Å². The third kappa shape index (κ3) is 2.53. The van der Waals surface area contributed by atoms with Gasteiger partial charge in [0.2, 0.25) is 5.91 Å². The molecule has 2 heterocycles. The summed E-state index contributed by atoms with van der Waals surface area (Å²) in [7, 11) is 0. The van der Waals surface area contributed by atoms with Gasteiger partial charge in [0, 0.05) is 4.88 Å². The molecule has 0 radical (unpaired) electrons. The van der Waals surface area contributed by atoms with Crippen molar-refractivity contribution >= 4 is 33.3 Å². The van der Waals surface area contributed by atoms with E-state index in [2.05, 4.69) is 15.3 Å². The predicted molar refractivity (Wildman–Crippen MR) is 88.9 cm³/mol. The highest BCUT2D eigenvalue weighted by atomic mass is 32.1. The molecule has 0 aliphatic rings. The van der Waals surface area contributed by atoms with Crippen LogP contribution in [0, 0.1) is 13.8 Å². The number of thiophene rings is 1. The molecule has 1 amide bonds. The molecule has 22 heavy (non-hydrogen) atoms. The minimum atomic E-state index is -0.626. The quantitative estimate of drug-likeness (QED) is 0.776. The summed E-state index contributed by atoms with van der Waals surface area (Å²) in [6.45, 7) is 4.08.